The standard InChI is InChI=1S/C19H32N6O/c1-15(2)19-21-16(3)14-17(22-19)24-12-10-23(11-13-24)7-4-18(26)25-8-5-20-6-9-25/h14-15,20H,4-13H2,1-3H3. The molecule has 1 aromatic heterocycles. The summed E-state index contributed by atoms with van der Waals surface area (Å²) in [5, 5.41) is 3.29. The van der Waals surface area contributed by atoms with Crippen LogP contribution in [0.2, 0.25) is 0 Å². The van der Waals surface area contributed by atoms with Gasteiger partial charge in [-0.25, -0.2) is 9.97 Å². The summed E-state index contributed by atoms with van der Waals surface area (Å²) in [6, 6.07) is 2.08. The second-order valence-corrected chi connectivity index (χ2v) is 7.59. The Labute approximate surface area is 156 Å². The third kappa shape index (κ3) is 4.92. The first-order valence-electron chi connectivity index (χ1n) is 9.84. The Morgan fingerprint density at radius 2 is 1.81 bits per heavy atom. The Morgan fingerprint density at radius 3 is 2.46 bits per heavy atom. The summed E-state index contributed by atoms with van der Waals surface area (Å²) in [5.74, 6) is 2.59. The van der Waals surface area contributed by atoms with Gasteiger partial charge in [-0.05, 0) is 6.92 Å². The van der Waals surface area contributed by atoms with Crippen LogP contribution in [0.3, 0.4) is 0 Å². The lowest BCUT2D eigenvalue weighted by molar-refractivity contribution is -0.132. The number of nitrogens with one attached hydrogen (secondary N) is 1. The lowest BCUT2D eigenvalue weighted by atomic mass is 10.2. The summed E-state index contributed by atoms with van der Waals surface area (Å²) in [5.41, 5.74) is 1.03. The third-order valence-corrected chi connectivity index (χ3v) is 5.18. The molecule has 144 valence electrons. The Bertz CT molecular complexity index is 606. The number of anilines is 1. The molecule has 0 spiro atoms. The van der Waals surface area contributed by atoms with Gasteiger partial charge in [0.25, 0.3) is 0 Å². The number of hydrogen-bond donors (Lipinski definition) is 1. The van der Waals surface area contributed by atoms with E-state index in [-0.39, 0.29) is 0 Å². The SMILES string of the molecule is Cc1cc(N2CCN(CCC(=O)N3CCNCC3)CC2)nc(C(C)C)n1. The van der Waals surface area contributed by atoms with Gasteiger partial charge in [0.2, 0.25) is 5.91 Å². The van der Waals surface area contributed by atoms with Crippen LogP contribution in [0.5, 0.6) is 0 Å². The van der Waals surface area contributed by atoms with E-state index in [4.69, 9.17) is 4.98 Å². The molecule has 2 aliphatic rings. The maximum absolute atomic E-state index is 12.3. The summed E-state index contributed by atoms with van der Waals surface area (Å²) in [6.45, 7) is 14.6. The fraction of sp³-hybridized carbons (Fsp3) is 0.737. The van der Waals surface area contributed by atoms with Crippen LogP contribution >= 0.6 is 0 Å². The minimum absolute atomic E-state index is 0.293. The van der Waals surface area contributed by atoms with Crippen LogP contribution in [0, 0.1) is 6.92 Å². The highest BCUT2D eigenvalue weighted by Crippen LogP contribution is 2.18. The first-order chi connectivity index (χ1) is 12.5. The van der Waals surface area contributed by atoms with Gasteiger partial charge in [-0.2, -0.15) is 0 Å². The lowest BCUT2D eigenvalue weighted by Gasteiger charge is -2.36. The van der Waals surface area contributed by atoms with Gasteiger partial charge in [0.15, 0.2) is 0 Å². The van der Waals surface area contributed by atoms with Gasteiger partial charge < -0.3 is 15.1 Å². The van der Waals surface area contributed by atoms with Gasteiger partial charge in [-0.3, -0.25) is 9.69 Å². The highest BCUT2D eigenvalue weighted by molar-refractivity contribution is 5.76. The van der Waals surface area contributed by atoms with Crippen molar-refractivity contribution in [2.75, 3.05) is 63.8 Å². The number of nitrogens with zero attached hydrogens (tertiary/aromatic N) is 5. The van der Waals surface area contributed by atoms with Gasteiger partial charge in [-0.1, -0.05) is 13.8 Å². The zero-order valence-corrected chi connectivity index (χ0v) is 16.4. The average molecular weight is 361 g/mol. The minimum Gasteiger partial charge on any atom is -0.354 e. The molecule has 7 nitrogen and oxygen atoms in total. The number of carbonyl (C=O) groups excluding carboxylic acids is 1. The molecule has 2 saturated heterocycles. The molecule has 1 aromatic rings. The molecule has 3 rings (SSSR count). The number of amides is 1. The van der Waals surface area contributed by atoms with Crippen LogP contribution in [0.1, 0.15) is 37.7 Å². The molecule has 0 aromatic carbocycles. The smallest absolute Gasteiger partial charge is 0.223 e. The predicted octanol–water partition coefficient (Wildman–Crippen LogP) is 0.852. The molecule has 0 bridgehead atoms. The van der Waals surface area contributed by atoms with Crippen molar-refractivity contribution >= 4 is 11.7 Å². The van der Waals surface area contributed by atoms with Crippen molar-refractivity contribution in [2.45, 2.75) is 33.1 Å². The molecule has 2 aliphatic heterocycles. The number of rotatable bonds is 5. The number of hydrogen-bond acceptors (Lipinski definition) is 6. The molecular weight excluding hydrogens is 328 g/mol. The van der Waals surface area contributed by atoms with Crippen molar-refractivity contribution in [3.63, 3.8) is 0 Å². The van der Waals surface area contributed by atoms with Crippen LogP contribution in [-0.2, 0) is 4.79 Å². The normalized spacial score (nSPS) is 19.2. The molecule has 2 fully saturated rings. The van der Waals surface area contributed by atoms with E-state index in [9.17, 15) is 4.79 Å². The molecule has 0 unspecified atom stereocenters. The maximum Gasteiger partial charge on any atom is 0.223 e. The van der Waals surface area contributed by atoms with E-state index in [0.717, 1.165) is 76.2 Å². The Kier molecular flexibility index (Phi) is 6.43. The zero-order valence-electron chi connectivity index (χ0n) is 16.4. The topological polar surface area (TPSA) is 64.6 Å². The van der Waals surface area contributed by atoms with Crippen LogP contribution in [0.25, 0.3) is 0 Å². The van der Waals surface area contributed by atoms with E-state index in [1.807, 2.05) is 11.8 Å². The maximum atomic E-state index is 12.3. The minimum atomic E-state index is 0.293. The van der Waals surface area contributed by atoms with Crippen molar-refractivity contribution in [3.8, 4) is 0 Å². The molecule has 1 N–H and O–H groups in total. The predicted molar refractivity (Wildman–Crippen MR) is 104 cm³/mol. The first kappa shape index (κ1) is 19.0. The van der Waals surface area contributed by atoms with Gasteiger partial charge in [0.05, 0.1) is 0 Å². The van der Waals surface area contributed by atoms with Crippen LogP contribution < -0.4 is 10.2 Å². The highest BCUT2D eigenvalue weighted by Gasteiger charge is 2.21. The molecule has 0 atom stereocenters. The number of aromatic nitrogens is 2. The van der Waals surface area contributed by atoms with Gasteiger partial charge >= 0.3 is 0 Å². The fourth-order valence-electron chi connectivity index (χ4n) is 3.52. The van der Waals surface area contributed by atoms with Crippen molar-refractivity contribution in [3.05, 3.63) is 17.6 Å². The zero-order chi connectivity index (χ0) is 18.5. The molecule has 1 amide bonds. The number of aryl methyl sites for hydroxylation is 1. The highest BCUT2D eigenvalue weighted by atomic mass is 16.2. The van der Waals surface area contributed by atoms with Crippen LogP contribution in [0.4, 0.5) is 5.82 Å². The van der Waals surface area contributed by atoms with Gasteiger partial charge in [0, 0.05) is 83.0 Å². The summed E-state index contributed by atoms with van der Waals surface area (Å²) < 4.78 is 0. The molecular formula is C19H32N6O. The van der Waals surface area contributed by atoms with Crippen LogP contribution in [0.15, 0.2) is 6.07 Å². The molecule has 3 heterocycles. The average Bonchev–Trinajstić information content (AvgIpc) is 2.66. The Morgan fingerprint density at radius 1 is 1.12 bits per heavy atom. The fourth-order valence-corrected chi connectivity index (χ4v) is 3.52. The van der Waals surface area contributed by atoms with Crippen molar-refractivity contribution < 1.29 is 4.79 Å². The van der Waals surface area contributed by atoms with E-state index in [0.29, 0.717) is 18.2 Å². The monoisotopic (exact) mass is 360 g/mol. The molecule has 26 heavy (non-hydrogen) atoms. The molecule has 0 aliphatic carbocycles. The largest absolute Gasteiger partial charge is 0.354 e. The van der Waals surface area contributed by atoms with E-state index in [2.05, 4.69) is 40.0 Å². The quantitative estimate of drug-likeness (QED) is 0.840. The van der Waals surface area contributed by atoms with Gasteiger partial charge in [0.1, 0.15) is 11.6 Å². The number of carbonyl (C=O) groups is 1. The van der Waals surface area contributed by atoms with Crippen LogP contribution in [-0.4, -0.2) is 84.6 Å². The summed E-state index contributed by atoms with van der Waals surface area (Å²) in [7, 11) is 0. The molecule has 0 saturated carbocycles. The molecule has 0 radical (unpaired) electrons. The number of piperazine rings is 2. The Balaban J connectivity index is 1.47. The first-order valence-corrected chi connectivity index (χ1v) is 9.84. The Hall–Kier alpha value is -1.73. The lowest BCUT2D eigenvalue weighted by Crippen LogP contribution is -2.49. The summed E-state index contributed by atoms with van der Waals surface area (Å²) >= 11 is 0. The molecule has 7 heteroatoms. The van der Waals surface area contributed by atoms with Gasteiger partial charge in [-0.15, -0.1) is 0 Å². The van der Waals surface area contributed by atoms with E-state index >= 15 is 0 Å². The summed E-state index contributed by atoms with van der Waals surface area (Å²) in [4.78, 5) is 28.3. The van der Waals surface area contributed by atoms with E-state index < -0.39 is 0 Å². The van der Waals surface area contributed by atoms with E-state index in [1.54, 1.807) is 0 Å². The third-order valence-electron chi connectivity index (χ3n) is 5.18. The second-order valence-electron chi connectivity index (χ2n) is 7.59. The van der Waals surface area contributed by atoms with E-state index in [1.165, 1.54) is 0 Å². The second kappa shape index (κ2) is 8.77. The summed E-state index contributed by atoms with van der Waals surface area (Å²) in [6.07, 6.45) is 0.629. The van der Waals surface area contributed by atoms with Crippen molar-refractivity contribution in [2.24, 2.45) is 0 Å². The van der Waals surface area contributed by atoms with Crippen molar-refractivity contribution in [1.29, 1.82) is 0 Å². The van der Waals surface area contributed by atoms with Crippen molar-refractivity contribution in [1.82, 2.24) is 25.1 Å².